The number of nitrogens with one attached hydrogen (secondary N) is 1. The van der Waals surface area contributed by atoms with Gasteiger partial charge in [-0.3, -0.25) is 4.79 Å². The van der Waals surface area contributed by atoms with Gasteiger partial charge < -0.3 is 15.8 Å². The molecule has 0 spiro atoms. The van der Waals surface area contributed by atoms with Gasteiger partial charge in [-0.25, -0.2) is 4.39 Å². The summed E-state index contributed by atoms with van der Waals surface area (Å²) in [5.74, 6) is -0.213. The summed E-state index contributed by atoms with van der Waals surface area (Å²) in [7, 11) is 0. The molecule has 0 saturated carbocycles. The summed E-state index contributed by atoms with van der Waals surface area (Å²) in [5, 5.41) is 2.63. The summed E-state index contributed by atoms with van der Waals surface area (Å²) in [6.45, 7) is 6.45. The van der Waals surface area contributed by atoms with Crippen LogP contribution in [0.15, 0.2) is 18.2 Å². The Bertz CT molecular complexity index is 435. The van der Waals surface area contributed by atoms with Gasteiger partial charge in [0, 0.05) is 0 Å². The molecule has 1 unspecified atom stereocenters. The van der Waals surface area contributed by atoms with Gasteiger partial charge >= 0.3 is 0 Å². The Morgan fingerprint density at radius 1 is 1.42 bits per heavy atom. The number of nitrogen functional groups attached to an aromatic ring is 1. The summed E-state index contributed by atoms with van der Waals surface area (Å²) in [6, 6.07) is 3.87. The maximum Gasteiger partial charge on any atom is 0.226 e. The second kappa shape index (κ2) is 7.09. The van der Waals surface area contributed by atoms with Crippen molar-refractivity contribution in [2.75, 3.05) is 17.7 Å². The van der Waals surface area contributed by atoms with Crippen LogP contribution in [0.3, 0.4) is 0 Å². The largest absolute Gasteiger partial charge is 0.397 e. The molecule has 0 aliphatic heterocycles. The highest BCUT2D eigenvalue weighted by atomic mass is 19.1. The van der Waals surface area contributed by atoms with Crippen molar-refractivity contribution in [3.05, 3.63) is 24.0 Å². The van der Waals surface area contributed by atoms with Crippen LogP contribution in [-0.2, 0) is 9.53 Å². The lowest BCUT2D eigenvalue weighted by atomic mass is 10.1. The van der Waals surface area contributed by atoms with Crippen LogP contribution in [0.1, 0.15) is 27.2 Å². The van der Waals surface area contributed by atoms with Crippen molar-refractivity contribution in [1.82, 2.24) is 0 Å². The van der Waals surface area contributed by atoms with Gasteiger partial charge in [-0.05, 0) is 31.0 Å². The second-order valence-corrected chi connectivity index (χ2v) is 4.85. The van der Waals surface area contributed by atoms with Gasteiger partial charge in [-0.1, -0.05) is 13.8 Å². The fourth-order valence-electron chi connectivity index (χ4n) is 1.39. The first-order chi connectivity index (χ1) is 8.90. The molecular weight excluding hydrogens is 247 g/mol. The number of halogens is 1. The molecule has 1 atom stereocenters. The van der Waals surface area contributed by atoms with Gasteiger partial charge in [0.05, 0.1) is 30.5 Å². The summed E-state index contributed by atoms with van der Waals surface area (Å²) in [5.41, 5.74) is 6.23. The Labute approximate surface area is 113 Å². The van der Waals surface area contributed by atoms with E-state index in [2.05, 4.69) is 19.2 Å². The number of amides is 1. The normalized spacial score (nSPS) is 12.5. The summed E-state index contributed by atoms with van der Waals surface area (Å²) in [6.07, 6.45) is 0.358. The Morgan fingerprint density at radius 3 is 2.68 bits per heavy atom. The van der Waals surface area contributed by atoms with Crippen LogP contribution in [0.25, 0.3) is 0 Å². The van der Waals surface area contributed by atoms with Crippen LogP contribution in [0.4, 0.5) is 15.8 Å². The number of benzene rings is 1. The summed E-state index contributed by atoms with van der Waals surface area (Å²) < 4.78 is 18.3. The van der Waals surface area contributed by atoms with E-state index in [9.17, 15) is 9.18 Å². The molecule has 5 heteroatoms. The summed E-state index contributed by atoms with van der Waals surface area (Å²) >= 11 is 0. The molecule has 1 aromatic rings. The van der Waals surface area contributed by atoms with Crippen molar-refractivity contribution in [3.63, 3.8) is 0 Å². The molecule has 1 amide bonds. The van der Waals surface area contributed by atoms with E-state index in [4.69, 9.17) is 10.5 Å². The maximum absolute atomic E-state index is 12.8. The average molecular weight is 268 g/mol. The molecule has 3 N–H and O–H groups in total. The SMILES string of the molecule is CC(C)C(C)OCCC(=O)Nc1ccc(F)cc1N. The van der Waals surface area contributed by atoms with Crippen molar-refractivity contribution >= 4 is 17.3 Å². The molecule has 0 aliphatic rings. The molecule has 19 heavy (non-hydrogen) atoms. The van der Waals surface area contributed by atoms with Crippen molar-refractivity contribution in [3.8, 4) is 0 Å². The zero-order valence-electron chi connectivity index (χ0n) is 11.6. The molecule has 1 aromatic carbocycles. The lowest BCUT2D eigenvalue weighted by Gasteiger charge is -2.16. The van der Waals surface area contributed by atoms with Gasteiger partial charge in [0.25, 0.3) is 0 Å². The molecule has 0 aromatic heterocycles. The molecule has 0 aliphatic carbocycles. The Kier molecular flexibility index (Phi) is 5.76. The third-order valence-electron chi connectivity index (χ3n) is 2.94. The minimum absolute atomic E-state index is 0.115. The quantitative estimate of drug-likeness (QED) is 0.780. The number of carbonyl (C=O) groups excluding carboxylic acids is 1. The van der Waals surface area contributed by atoms with E-state index < -0.39 is 5.82 Å². The molecule has 0 heterocycles. The highest BCUT2D eigenvalue weighted by molar-refractivity contribution is 5.93. The molecule has 0 radical (unpaired) electrons. The number of anilines is 2. The first kappa shape index (κ1) is 15.4. The van der Waals surface area contributed by atoms with Gasteiger partial charge in [-0.15, -0.1) is 0 Å². The highest BCUT2D eigenvalue weighted by Crippen LogP contribution is 2.19. The first-order valence-electron chi connectivity index (χ1n) is 6.36. The predicted molar refractivity (Wildman–Crippen MR) is 74.3 cm³/mol. The maximum atomic E-state index is 12.8. The number of rotatable bonds is 6. The standard InChI is InChI=1S/C14H21FN2O2/c1-9(2)10(3)19-7-6-14(18)17-13-5-4-11(15)8-12(13)16/h4-5,8-10H,6-7,16H2,1-3H3,(H,17,18). The van der Waals surface area contributed by atoms with Gasteiger partial charge in [0.15, 0.2) is 0 Å². The lowest BCUT2D eigenvalue weighted by molar-refractivity contribution is -0.117. The number of nitrogens with two attached hydrogens (primary N) is 1. The summed E-state index contributed by atoms with van der Waals surface area (Å²) in [4.78, 5) is 11.7. The van der Waals surface area contributed by atoms with Crippen molar-refractivity contribution in [1.29, 1.82) is 0 Å². The van der Waals surface area contributed by atoms with E-state index in [1.165, 1.54) is 18.2 Å². The van der Waals surface area contributed by atoms with Crippen LogP contribution in [-0.4, -0.2) is 18.6 Å². The topological polar surface area (TPSA) is 64.3 Å². The zero-order chi connectivity index (χ0) is 14.4. The van der Waals surface area contributed by atoms with E-state index in [1.807, 2.05) is 6.92 Å². The van der Waals surface area contributed by atoms with Crippen molar-refractivity contribution in [2.24, 2.45) is 5.92 Å². The highest BCUT2D eigenvalue weighted by Gasteiger charge is 2.09. The van der Waals surface area contributed by atoms with E-state index in [-0.39, 0.29) is 24.1 Å². The minimum Gasteiger partial charge on any atom is -0.397 e. The van der Waals surface area contributed by atoms with Gasteiger partial charge in [0.1, 0.15) is 5.82 Å². The van der Waals surface area contributed by atoms with Crippen LogP contribution in [0.2, 0.25) is 0 Å². The monoisotopic (exact) mass is 268 g/mol. The minimum atomic E-state index is -0.426. The van der Waals surface area contributed by atoms with Crippen molar-refractivity contribution < 1.29 is 13.9 Å². The smallest absolute Gasteiger partial charge is 0.226 e. The third kappa shape index (κ3) is 5.26. The molecule has 0 bridgehead atoms. The molecular formula is C14H21FN2O2. The number of carbonyl (C=O) groups is 1. The van der Waals surface area contributed by atoms with Crippen LogP contribution in [0, 0.1) is 11.7 Å². The van der Waals surface area contributed by atoms with Crippen LogP contribution in [0.5, 0.6) is 0 Å². The fourth-order valence-corrected chi connectivity index (χ4v) is 1.39. The fraction of sp³-hybridized carbons (Fsp3) is 0.500. The zero-order valence-corrected chi connectivity index (χ0v) is 11.6. The predicted octanol–water partition coefficient (Wildman–Crippen LogP) is 2.80. The average Bonchev–Trinajstić information content (AvgIpc) is 2.32. The van der Waals surface area contributed by atoms with Gasteiger partial charge in [0.2, 0.25) is 5.91 Å². The van der Waals surface area contributed by atoms with E-state index in [0.717, 1.165) is 0 Å². The molecule has 0 saturated heterocycles. The lowest BCUT2D eigenvalue weighted by Crippen LogP contribution is -2.20. The molecule has 106 valence electrons. The Balaban J connectivity index is 2.39. The Morgan fingerprint density at radius 2 is 2.11 bits per heavy atom. The van der Waals surface area contributed by atoms with Crippen molar-refractivity contribution in [2.45, 2.75) is 33.3 Å². The number of hydrogen-bond acceptors (Lipinski definition) is 3. The number of ether oxygens (including phenoxy) is 1. The molecule has 0 fully saturated rings. The van der Waals surface area contributed by atoms with E-state index in [0.29, 0.717) is 18.2 Å². The Hall–Kier alpha value is -1.62. The van der Waals surface area contributed by atoms with Crippen LogP contribution >= 0.6 is 0 Å². The third-order valence-corrected chi connectivity index (χ3v) is 2.94. The first-order valence-corrected chi connectivity index (χ1v) is 6.36. The van der Waals surface area contributed by atoms with Gasteiger partial charge in [-0.2, -0.15) is 0 Å². The molecule has 1 rings (SSSR count). The van der Waals surface area contributed by atoms with Crippen LogP contribution < -0.4 is 11.1 Å². The van der Waals surface area contributed by atoms with E-state index in [1.54, 1.807) is 0 Å². The second-order valence-electron chi connectivity index (χ2n) is 4.85. The molecule has 4 nitrogen and oxygen atoms in total. The number of hydrogen-bond donors (Lipinski definition) is 2. The van der Waals surface area contributed by atoms with E-state index >= 15 is 0 Å².